The molecular weight excluding hydrogens is 290 g/mol. The van der Waals surface area contributed by atoms with Crippen LogP contribution in [0, 0.1) is 0 Å². The molecule has 5 nitrogen and oxygen atoms in total. The Hall–Kier alpha value is -1.85. The van der Waals surface area contributed by atoms with Gasteiger partial charge in [0, 0.05) is 37.6 Å². The molecule has 5 heteroatoms. The smallest absolute Gasteiger partial charge is 0.253 e. The summed E-state index contributed by atoms with van der Waals surface area (Å²) in [5, 5.41) is 2.89. The molecule has 1 heterocycles. The first kappa shape index (κ1) is 17.5. The molecule has 0 aliphatic carbocycles. The van der Waals surface area contributed by atoms with Crippen molar-refractivity contribution < 1.29 is 9.53 Å². The second-order valence-electron chi connectivity index (χ2n) is 5.92. The molecule has 0 spiro atoms. The lowest BCUT2D eigenvalue weighted by atomic mass is 10.2. The fraction of sp³-hybridized carbons (Fsp3) is 0.500. The summed E-state index contributed by atoms with van der Waals surface area (Å²) >= 11 is 0. The van der Waals surface area contributed by atoms with Gasteiger partial charge in [-0.2, -0.15) is 0 Å². The molecule has 1 aliphatic heterocycles. The van der Waals surface area contributed by atoms with Crippen molar-refractivity contribution in [3.05, 3.63) is 36.9 Å². The molecule has 0 saturated carbocycles. The average Bonchev–Trinajstić information content (AvgIpc) is 2.56. The summed E-state index contributed by atoms with van der Waals surface area (Å²) in [7, 11) is 2.15. The zero-order valence-electron chi connectivity index (χ0n) is 14.1. The van der Waals surface area contributed by atoms with Gasteiger partial charge in [-0.15, -0.1) is 6.58 Å². The number of rotatable bonds is 7. The van der Waals surface area contributed by atoms with Crippen LogP contribution < -0.4 is 10.2 Å². The van der Waals surface area contributed by atoms with E-state index in [0.717, 1.165) is 38.3 Å². The van der Waals surface area contributed by atoms with E-state index in [1.165, 1.54) is 5.69 Å². The van der Waals surface area contributed by atoms with Gasteiger partial charge >= 0.3 is 0 Å². The third kappa shape index (κ3) is 5.37. The quantitative estimate of drug-likeness (QED) is 0.619. The molecule has 1 aromatic carbocycles. The van der Waals surface area contributed by atoms with Gasteiger partial charge in [-0.3, -0.25) is 4.79 Å². The molecule has 0 aromatic heterocycles. The number of hydrogen-bond donors (Lipinski definition) is 1. The first-order chi connectivity index (χ1) is 11.1. The molecule has 23 heavy (non-hydrogen) atoms. The number of likely N-dealkylation sites (N-methyl/N-ethyl adjacent to an activating group) is 1. The lowest BCUT2D eigenvalue weighted by Gasteiger charge is -2.34. The molecule has 0 radical (unpaired) electrons. The van der Waals surface area contributed by atoms with Crippen LogP contribution in [0.4, 0.5) is 11.4 Å². The number of carbonyl (C=O) groups is 1. The third-order valence-electron chi connectivity index (χ3n) is 4.06. The summed E-state index contributed by atoms with van der Waals surface area (Å²) in [4.78, 5) is 16.8. The number of anilines is 2. The summed E-state index contributed by atoms with van der Waals surface area (Å²) < 4.78 is 5.45. The van der Waals surface area contributed by atoms with Gasteiger partial charge in [0.25, 0.3) is 5.91 Å². The highest BCUT2D eigenvalue weighted by molar-refractivity contribution is 5.94. The highest BCUT2D eigenvalue weighted by atomic mass is 16.5. The van der Waals surface area contributed by atoms with Gasteiger partial charge in [-0.25, -0.2) is 0 Å². The maximum absolute atomic E-state index is 12.1. The second-order valence-corrected chi connectivity index (χ2v) is 5.92. The van der Waals surface area contributed by atoms with Gasteiger partial charge in [0.05, 0.1) is 6.61 Å². The Bertz CT molecular complexity index is 508. The number of nitrogens with one attached hydrogen (secondary N) is 1. The largest absolute Gasteiger partial charge is 0.369 e. The van der Waals surface area contributed by atoms with E-state index in [9.17, 15) is 4.79 Å². The number of amides is 1. The number of ether oxygens (including phenoxy) is 1. The normalized spacial score (nSPS) is 16.9. The lowest BCUT2D eigenvalue weighted by molar-refractivity contribution is -0.126. The predicted octanol–water partition coefficient (Wildman–Crippen LogP) is 2.36. The molecule has 1 atom stereocenters. The molecule has 1 amide bonds. The lowest BCUT2D eigenvalue weighted by Crippen LogP contribution is -2.44. The summed E-state index contributed by atoms with van der Waals surface area (Å²) in [5.74, 6) is -0.124. The van der Waals surface area contributed by atoms with Crippen LogP contribution in [0.1, 0.15) is 13.3 Å². The maximum atomic E-state index is 12.1. The topological polar surface area (TPSA) is 44.8 Å². The van der Waals surface area contributed by atoms with Crippen LogP contribution in [0.5, 0.6) is 0 Å². The van der Waals surface area contributed by atoms with E-state index in [0.29, 0.717) is 6.61 Å². The molecule has 1 aromatic rings. The first-order valence-electron chi connectivity index (χ1n) is 8.17. The van der Waals surface area contributed by atoms with E-state index in [1.54, 1.807) is 13.0 Å². The van der Waals surface area contributed by atoms with Crippen molar-refractivity contribution in [3.8, 4) is 0 Å². The first-order valence-corrected chi connectivity index (χ1v) is 8.17. The molecule has 1 unspecified atom stereocenters. The molecule has 1 N–H and O–H groups in total. The molecule has 2 rings (SSSR count). The van der Waals surface area contributed by atoms with Crippen molar-refractivity contribution in [2.24, 2.45) is 0 Å². The van der Waals surface area contributed by atoms with E-state index in [1.807, 2.05) is 12.1 Å². The van der Waals surface area contributed by atoms with Crippen molar-refractivity contribution in [1.82, 2.24) is 4.90 Å². The van der Waals surface area contributed by atoms with E-state index < -0.39 is 6.10 Å². The highest BCUT2D eigenvalue weighted by Crippen LogP contribution is 2.19. The zero-order chi connectivity index (χ0) is 16.7. The van der Waals surface area contributed by atoms with Crippen molar-refractivity contribution in [3.63, 3.8) is 0 Å². The molecular formula is C18H27N3O2. The van der Waals surface area contributed by atoms with Gasteiger partial charge in [0.1, 0.15) is 6.10 Å². The Morgan fingerprint density at radius 3 is 2.57 bits per heavy atom. The van der Waals surface area contributed by atoms with Crippen LogP contribution in [0.2, 0.25) is 0 Å². The molecule has 1 aliphatic rings. The van der Waals surface area contributed by atoms with Crippen LogP contribution in [-0.2, 0) is 9.53 Å². The Morgan fingerprint density at radius 1 is 1.30 bits per heavy atom. The van der Waals surface area contributed by atoms with Gasteiger partial charge in [0.15, 0.2) is 0 Å². The minimum Gasteiger partial charge on any atom is -0.369 e. The van der Waals surface area contributed by atoms with Crippen molar-refractivity contribution in [2.45, 2.75) is 19.4 Å². The van der Waals surface area contributed by atoms with E-state index >= 15 is 0 Å². The predicted molar refractivity (Wildman–Crippen MR) is 95.0 cm³/mol. The fourth-order valence-corrected chi connectivity index (χ4v) is 2.47. The molecule has 126 valence electrons. The Kier molecular flexibility index (Phi) is 6.62. The summed E-state index contributed by atoms with van der Waals surface area (Å²) in [6.07, 6.45) is 2.06. The number of piperazine rings is 1. The van der Waals surface area contributed by atoms with E-state index in [4.69, 9.17) is 4.74 Å². The zero-order valence-corrected chi connectivity index (χ0v) is 14.1. The van der Waals surface area contributed by atoms with Crippen LogP contribution in [0.25, 0.3) is 0 Å². The minimum absolute atomic E-state index is 0.124. The monoisotopic (exact) mass is 317 g/mol. The fourth-order valence-electron chi connectivity index (χ4n) is 2.47. The summed E-state index contributed by atoms with van der Waals surface area (Å²) in [6.45, 7) is 10.1. The Labute approximate surface area is 138 Å². The maximum Gasteiger partial charge on any atom is 0.253 e. The number of hydrogen-bond acceptors (Lipinski definition) is 4. The number of nitrogens with zero attached hydrogens (tertiary/aromatic N) is 2. The summed E-state index contributed by atoms with van der Waals surface area (Å²) in [5.41, 5.74) is 2.00. The number of benzene rings is 1. The van der Waals surface area contributed by atoms with Crippen LogP contribution in [0.3, 0.4) is 0 Å². The van der Waals surface area contributed by atoms with Gasteiger partial charge in [-0.1, -0.05) is 6.08 Å². The van der Waals surface area contributed by atoms with Gasteiger partial charge in [0.2, 0.25) is 0 Å². The highest BCUT2D eigenvalue weighted by Gasteiger charge is 2.15. The van der Waals surface area contributed by atoms with Crippen molar-refractivity contribution in [1.29, 1.82) is 0 Å². The van der Waals surface area contributed by atoms with Gasteiger partial charge in [-0.05, 0) is 44.7 Å². The van der Waals surface area contributed by atoms with E-state index in [2.05, 4.69) is 40.9 Å². The third-order valence-corrected chi connectivity index (χ3v) is 4.06. The Morgan fingerprint density at radius 2 is 1.96 bits per heavy atom. The second kappa shape index (κ2) is 8.70. The Balaban J connectivity index is 1.84. The average molecular weight is 317 g/mol. The van der Waals surface area contributed by atoms with E-state index in [-0.39, 0.29) is 5.91 Å². The van der Waals surface area contributed by atoms with Gasteiger partial charge < -0.3 is 19.9 Å². The molecule has 1 saturated heterocycles. The minimum atomic E-state index is -0.466. The standard InChI is InChI=1S/C18H27N3O2/c1-4-5-14-23-15(2)18(22)19-16-6-8-17(9-7-16)21-12-10-20(3)11-13-21/h4,6-9,15H,1,5,10-14H2,2-3H3,(H,19,22). The summed E-state index contributed by atoms with van der Waals surface area (Å²) in [6, 6.07) is 8.01. The molecule has 0 bridgehead atoms. The molecule has 1 fully saturated rings. The van der Waals surface area contributed by atoms with Crippen molar-refractivity contribution in [2.75, 3.05) is 50.1 Å². The van der Waals surface area contributed by atoms with Crippen LogP contribution in [-0.4, -0.2) is 56.7 Å². The number of carbonyl (C=O) groups excluding carboxylic acids is 1. The van der Waals surface area contributed by atoms with Crippen LogP contribution >= 0.6 is 0 Å². The SMILES string of the molecule is C=CCCOC(C)C(=O)Nc1ccc(N2CCN(C)CC2)cc1. The van der Waals surface area contributed by atoms with Crippen molar-refractivity contribution >= 4 is 17.3 Å². The van der Waals surface area contributed by atoms with Crippen LogP contribution in [0.15, 0.2) is 36.9 Å².